The zero-order valence-corrected chi connectivity index (χ0v) is 13.8. The van der Waals surface area contributed by atoms with Crippen LogP contribution in [0.5, 0.6) is 0 Å². The summed E-state index contributed by atoms with van der Waals surface area (Å²) in [5.41, 5.74) is 2.88. The van der Waals surface area contributed by atoms with Crippen LogP contribution in [0.4, 0.5) is 5.69 Å². The Kier molecular flexibility index (Phi) is 4.89. The molecule has 0 bridgehead atoms. The number of rotatable bonds is 4. The van der Waals surface area contributed by atoms with Gasteiger partial charge in [0.2, 0.25) is 0 Å². The Hall–Kier alpha value is -2.69. The molecular formula is C19H21N3O2. The van der Waals surface area contributed by atoms with Crippen molar-refractivity contribution in [3.05, 3.63) is 59.4 Å². The van der Waals surface area contributed by atoms with Crippen LogP contribution in [0, 0.1) is 0 Å². The predicted molar refractivity (Wildman–Crippen MR) is 93.3 cm³/mol. The van der Waals surface area contributed by atoms with Crippen LogP contribution in [0.25, 0.3) is 0 Å². The molecule has 0 aliphatic carbocycles. The van der Waals surface area contributed by atoms with Gasteiger partial charge in [-0.2, -0.15) is 0 Å². The van der Waals surface area contributed by atoms with Crippen LogP contribution in [-0.2, 0) is 6.42 Å². The third-order valence-electron chi connectivity index (χ3n) is 4.13. The number of amides is 2. The van der Waals surface area contributed by atoms with Gasteiger partial charge in [0.25, 0.3) is 11.8 Å². The minimum Gasteiger partial charge on any atom is -0.352 e. The fourth-order valence-corrected chi connectivity index (χ4v) is 2.91. The number of nitrogens with one attached hydrogen (secondary N) is 1. The summed E-state index contributed by atoms with van der Waals surface area (Å²) in [6.07, 6.45) is 4.30. The first-order chi connectivity index (χ1) is 11.7. The molecule has 0 fully saturated rings. The van der Waals surface area contributed by atoms with E-state index < -0.39 is 0 Å². The second-order valence-corrected chi connectivity index (χ2v) is 5.87. The summed E-state index contributed by atoms with van der Waals surface area (Å²) in [6.45, 7) is 3.28. The number of hydrogen-bond donors (Lipinski definition) is 1. The summed E-state index contributed by atoms with van der Waals surface area (Å²) in [5, 5.41) is 2.82. The molecule has 2 aromatic rings. The van der Waals surface area contributed by atoms with Crippen molar-refractivity contribution in [1.29, 1.82) is 0 Å². The topological polar surface area (TPSA) is 62.3 Å². The number of nitrogens with zero attached hydrogens (tertiary/aromatic N) is 2. The molecular weight excluding hydrogens is 302 g/mol. The molecule has 0 saturated carbocycles. The van der Waals surface area contributed by atoms with E-state index >= 15 is 0 Å². The van der Waals surface area contributed by atoms with Crippen molar-refractivity contribution in [2.24, 2.45) is 0 Å². The Bertz CT molecular complexity index is 758. The number of aromatic nitrogens is 1. The van der Waals surface area contributed by atoms with E-state index in [-0.39, 0.29) is 11.8 Å². The van der Waals surface area contributed by atoms with Crippen LogP contribution in [0.15, 0.2) is 42.6 Å². The second kappa shape index (κ2) is 7.25. The molecule has 1 aliphatic heterocycles. The summed E-state index contributed by atoms with van der Waals surface area (Å²) in [6, 6.07) is 11.1. The summed E-state index contributed by atoms with van der Waals surface area (Å²) in [4.78, 5) is 30.9. The summed E-state index contributed by atoms with van der Waals surface area (Å²) >= 11 is 0. The lowest BCUT2D eigenvalue weighted by Gasteiger charge is -2.29. The van der Waals surface area contributed by atoms with Crippen LogP contribution in [0.1, 0.15) is 46.2 Å². The number of benzene rings is 1. The fourth-order valence-electron chi connectivity index (χ4n) is 2.91. The largest absolute Gasteiger partial charge is 0.352 e. The van der Waals surface area contributed by atoms with E-state index in [1.54, 1.807) is 17.0 Å². The van der Waals surface area contributed by atoms with Crippen molar-refractivity contribution in [2.45, 2.75) is 26.2 Å². The van der Waals surface area contributed by atoms with Gasteiger partial charge in [-0.3, -0.25) is 14.6 Å². The molecule has 1 aliphatic rings. The zero-order valence-electron chi connectivity index (χ0n) is 13.8. The van der Waals surface area contributed by atoms with Gasteiger partial charge in [0.15, 0.2) is 0 Å². The first-order valence-electron chi connectivity index (χ1n) is 8.34. The molecule has 0 unspecified atom stereocenters. The van der Waals surface area contributed by atoms with Crippen molar-refractivity contribution < 1.29 is 9.59 Å². The monoisotopic (exact) mass is 323 g/mol. The smallest absolute Gasteiger partial charge is 0.276 e. The summed E-state index contributed by atoms with van der Waals surface area (Å²) in [5.74, 6) is -0.334. The van der Waals surface area contributed by atoms with Crippen molar-refractivity contribution in [3.63, 3.8) is 0 Å². The highest BCUT2D eigenvalue weighted by Gasteiger charge is 2.24. The number of fused-ring (bicyclic) bond motifs is 1. The molecule has 2 amide bonds. The lowest BCUT2D eigenvalue weighted by atomic mass is 10.0. The Morgan fingerprint density at radius 2 is 2.08 bits per heavy atom. The van der Waals surface area contributed by atoms with Gasteiger partial charge in [0.1, 0.15) is 5.69 Å². The number of carbonyl (C=O) groups is 2. The lowest BCUT2D eigenvalue weighted by molar-refractivity contribution is 0.0953. The Morgan fingerprint density at radius 3 is 2.92 bits per heavy atom. The number of aryl methyl sites for hydroxylation is 1. The van der Waals surface area contributed by atoms with Crippen LogP contribution in [-0.4, -0.2) is 29.9 Å². The van der Waals surface area contributed by atoms with E-state index in [0.29, 0.717) is 24.3 Å². The SMILES string of the molecule is CCCNC(=O)c1ccnc(C(=O)N2CCCc3ccccc32)c1. The van der Waals surface area contributed by atoms with Crippen molar-refractivity contribution in [3.8, 4) is 0 Å². The minimum absolute atomic E-state index is 0.160. The van der Waals surface area contributed by atoms with Gasteiger partial charge in [-0.1, -0.05) is 25.1 Å². The average molecular weight is 323 g/mol. The molecule has 0 spiro atoms. The number of para-hydroxylation sites is 1. The van der Waals surface area contributed by atoms with Crippen LogP contribution in [0.2, 0.25) is 0 Å². The highest BCUT2D eigenvalue weighted by molar-refractivity contribution is 6.06. The molecule has 5 nitrogen and oxygen atoms in total. The van der Waals surface area contributed by atoms with E-state index in [4.69, 9.17) is 0 Å². The quantitative estimate of drug-likeness (QED) is 0.941. The Balaban J connectivity index is 1.85. The molecule has 24 heavy (non-hydrogen) atoms. The fraction of sp³-hybridized carbons (Fsp3) is 0.316. The van der Waals surface area contributed by atoms with E-state index in [9.17, 15) is 9.59 Å². The van der Waals surface area contributed by atoms with Gasteiger partial charge in [0, 0.05) is 30.5 Å². The molecule has 3 rings (SSSR count). The van der Waals surface area contributed by atoms with Crippen molar-refractivity contribution in [1.82, 2.24) is 10.3 Å². The van der Waals surface area contributed by atoms with Gasteiger partial charge in [-0.05, 0) is 43.0 Å². The molecule has 0 atom stereocenters. The highest BCUT2D eigenvalue weighted by atomic mass is 16.2. The van der Waals surface area contributed by atoms with Crippen molar-refractivity contribution in [2.75, 3.05) is 18.0 Å². The molecule has 0 saturated heterocycles. The molecule has 1 aromatic carbocycles. The van der Waals surface area contributed by atoms with Gasteiger partial charge < -0.3 is 10.2 Å². The van der Waals surface area contributed by atoms with Gasteiger partial charge in [-0.15, -0.1) is 0 Å². The summed E-state index contributed by atoms with van der Waals surface area (Å²) < 4.78 is 0. The number of hydrogen-bond acceptors (Lipinski definition) is 3. The molecule has 5 heteroatoms. The normalized spacial score (nSPS) is 13.3. The van der Waals surface area contributed by atoms with Gasteiger partial charge in [0.05, 0.1) is 0 Å². The standard InChI is InChI=1S/C19H21N3O2/c1-2-10-21-18(23)15-9-11-20-16(13-15)19(24)22-12-5-7-14-6-3-4-8-17(14)22/h3-4,6,8-9,11,13H,2,5,7,10,12H2,1H3,(H,21,23). The second-order valence-electron chi connectivity index (χ2n) is 5.87. The Morgan fingerprint density at radius 1 is 1.25 bits per heavy atom. The first kappa shape index (κ1) is 16.2. The third-order valence-corrected chi connectivity index (χ3v) is 4.13. The maximum Gasteiger partial charge on any atom is 0.276 e. The van der Waals surface area contributed by atoms with Crippen LogP contribution >= 0.6 is 0 Å². The van der Waals surface area contributed by atoms with Gasteiger partial charge >= 0.3 is 0 Å². The highest BCUT2D eigenvalue weighted by Crippen LogP contribution is 2.27. The lowest BCUT2D eigenvalue weighted by Crippen LogP contribution is -2.36. The molecule has 2 heterocycles. The Labute approximate surface area is 141 Å². The molecule has 124 valence electrons. The third kappa shape index (κ3) is 3.30. The van der Waals surface area contributed by atoms with E-state index in [2.05, 4.69) is 16.4 Å². The zero-order chi connectivity index (χ0) is 16.9. The predicted octanol–water partition coefficient (Wildman–Crippen LogP) is 2.81. The van der Waals surface area contributed by atoms with Gasteiger partial charge in [-0.25, -0.2) is 0 Å². The van der Waals surface area contributed by atoms with Crippen LogP contribution < -0.4 is 10.2 Å². The number of pyridine rings is 1. The maximum absolute atomic E-state index is 12.9. The molecule has 1 N–H and O–H groups in total. The number of carbonyl (C=O) groups excluding carboxylic acids is 2. The number of anilines is 1. The summed E-state index contributed by atoms with van der Waals surface area (Å²) in [7, 11) is 0. The molecule has 0 radical (unpaired) electrons. The van der Waals surface area contributed by atoms with Crippen LogP contribution in [0.3, 0.4) is 0 Å². The molecule has 1 aromatic heterocycles. The van der Waals surface area contributed by atoms with E-state index in [0.717, 1.165) is 24.9 Å². The van der Waals surface area contributed by atoms with E-state index in [1.165, 1.54) is 11.8 Å². The average Bonchev–Trinajstić information content (AvgIpc) is 2.65. The van der Waals surface area contributed by atoms with E-state index in [1.807, 2.05) is 25.1 Å². The minimum atomic E-state index is -0.174. The van der Waals surface area contributed by atoms with Crippen molar-refractivity contribution >= 4 is 17.5 Å². The first-order valence-corrected chi connectivity index (χ1v) is 8.34. The maximum atomic E-state index is 12.9.